The molecule has 2 rings (SSSR count). The minimum absolute atomic E-state index is 0.664. The highest BCUT2D eigenvalue weighted by Gasteiger charge is 2.44. The molecule has 70 valence electrons. The lowest BCUT2D eigenvalue weighted by Crippen LogP contribution is -2.38. The van der Waals surface area contributed by atoms with Gasteiger partial charge < -0.3 is 5.32 Å². The van der Waals surface area contributed by atoms with Gasteiger partial charge >= 0.3 is 0 Å². The normalized spacial score (nSPS) is 40.5. The fourth-order valence-corrected chi connectivity index (χ4v) is 3.25. The van der Waals surface area contributed by atoms with Crippen molar-refractivity contribution in [3.8, 4) is 0 Å². The SMILES string of the molecule is CC1CNC(C2(C)CC2)CSC1. The molecule has 1 aliphatic carbocycles. The van der Waals surface area contributed by atoms with Gasteiger partial charge in [0.05, 0.1) is 0 Å². The Balaban J connectivity index is 1.90. The largest absolute Gasteiger partial charge is 0.312 e. The van der Waals surface area contributed by atoms with Crippen LogP contribution in [0.4, 0.5) is 0 Å². The van der Waals surface area contributed by atoms with Crippen LogP contribution in [0.2, 0.25) is 0 Å². The van der Waals surface area contributed by atoms with Crippen LogP contribution in [0.1, 0.15) is 26.7 Å². The third kappa shape index (κ3) is 1.80. The van der Waals surface area contributed by atoms with Gasteiger partial charge in [0, 0.05) is 11.8 Å². The smallest absolute Gasteiger partial charge is 0.0212 e. The highest BCUT2D eigenvalue weighted by atomic mass is 32.2. The van der Waals surface area contributed by atoms with Gasteiger partial charge in [-0.3, -0.25) is 0 Å². The summed E-state index contributed by atoms with van der Waals surface area (Å²) in [4.78, 5) is 0. The molecule has 1 heterocycles. The minimum atomic E-state index is 0.664. The molecule has 0 amide bonds. The maximum absolute atomic E-state index is 3.71. The van der Waals surface area contributed by atoms with Crippen molar-refractivity contribution in [1.29, 1.82) is 0 Å². The average Bonchev–Trinajstić information content (AvgIpc) is 2.77. The van der Waals surface area contributed by atoms with Crippen molar-refractivity contribution in [2.75, 3.05) is 18.1 Å². The van der Waals surface area contributed by atoms with E-state index < -0.39 is 0 Å². The molecule has 1 aliphatic heterocycles. The number of nitrogens with one attached hydrogen (secondary N) is 1. The molecule has 2 atom stereocenters. The molecule has 0 spiro atoms. The van der Waals surface area contributed by atoms with Gasteiger partial charge in [0.25, 0.3) is 0 Å². The van der Waals surface area contributed by atoms with E-state index in [1.54, 1.807) is 0 Å². The van der Waals surface area contributed by atoms with Gasteiger partial charge in [-0.05, 0) is 36.5 Å². The summed E-state index contributed by atoms with van der Waals surface area (Å²) < 4.78 is 0. The molecule has 1 nitrogen and oxygen atoms in total. The zero-order chi connectivity index (χ0) is 8.60. The zero-order valence-electron chi connectivity index (χ0n) is 8.10. The Morgan fingerprint density at radius 2 is 2.08 bits per heavy atom. The molecule has 0 radical (unpaired) electrons. The van der Waals surface area contributed by atoms with Crippen molar-refractivity contribution >= 4 is 11.8 Å². The van der Waals surface area contributed by atoms with Crippen LogP contribution in [0, 0.1) is 11.3 Å². The van der Waals surface area contributed by atoms with E-state index in [2.05, 4.69) is 30.9 Å². The van der Waals surface area contributed by atoms with Crippen molar-refractivity contribution < 1.29 is 0 Å². The van der Waals surface area contributed by atoms with Gasteiger partial charge in [0.2, 0.25) is 0 Å². The van der Waals surface area contributed by atoms with Crippen molar-refractivity contribution in [3.05, 3.63) is 0 Å². The number of thioether (sulfide) groups is 1. The van der Waals surface area contributed by atoms with Crippen molar-refractivity contribution in [2.45, 2.75) is 32.7 Å². The van der Waals surface area contributed by atoms with E-state index in [0.717, 1.165) is 12.0 Å². The second kappa shape index (κ2) is 3.22. The first-order valence-electron chi connectivity index (χ1n) is 5.02. The van der Waals surface area contributed by atoms with Crippen LogP contribution in [0.3, 0.4) is 0 Å². The van der Waals surface area contributed by atoms with Crippen molar-refractivity contribution in [1.82, 2.24) is 5.32 Å². The molecule has 1 saturated carbocycles. The number of rotatable bonds is 1. The Morgan fingerprint density at radius 3 is 2.75 bits per heavy atom. The predicted molar refractivity (Wildman–Crippen MR) is 55.6 cm³/mol. The molecule has 12 heavy (non-hydrogen) atoms. The first-order valence-corrected chi connectivity index (χ1v) is 6.17. The molecule has 1 N–H and O–H groups in total. The first kappa shape index (κ1) is 8.89. The Hall–Kier alpha value is 0.310. The lowest BCUT2D eigenvalue weighted by Gasteiger charge is -2.22. The summed E-state index contributed by atoms with van der Waals surface area (Å²) in [5.74, 6) is 3.54. The number of hydrogen-bond donors (Lipinski definition) is 1. The summed E-state index contributed by atoms with van der Waals surface area (Å²) in [5, 5.41) is 3.71. The van der Waals surface area contributed by atoms with Gasteiger partial charge in [0.1, 0.15) is 0 Å². The fraction of sp³-hybridized carbons (Fsp3) is 1.00. The van der Waals surface area contributed by atoms with E-state index in [1.807, 2.05) is 0 Å². The van der Waals surface area contributed by atoms with Gasteiger partial charge in [-0.2, -0.15) is 11.8 Å². The molecule has 0 aromatic heterocycles. The Kier molecular flexibility index (Phi) is 2.39. The number of hydrogen-bond acceptors (Lipinski definition) is 2. The fourth-order valence-electron chi connectivity index (χ4n) is 1.84. The summed E-state index contributed by atoms with van der Waals surface area (Å²) in [6.45, 7) is 6.01. The van der Waals surface area contributed by atoms with E-state index in [1.165, 1.54) is 30.9 Å². The quantitative estimate of drug-likeness (QED) is 0.671. The molecule has 2 unspecified atom stereocenters. The standard InChI is InChI=1S/C10H19NS/c1-8-5-11-9(7-12-6-8)10(2)3-4-10/h8-9,11H,3-7H2,1-2H3. The monoisotopic (exact) mass is 185 g/mol. The average molecular weight is 185 g/mol. The molecule has 0 aromatic carbocycles. The highest BCUT2D eigenvalue weighted by molar-refractivity contribution is 7.99. The summed E-state index contributed by atoms with van der Waals surface area (Å²) in [6.07, 6.45) is 2.89. The van der Waals surface area contributed by atoms with Crippen LogP contribution in [0.5, 0.6) is 0 Å². The third-order valence-corrected chi connectivity index (χ3v) is 4.65. The lowest BCUT2D eigenvalue weighted by molar-refractivity contribution is 0.376. The van der Waals surface area contributed by atoms with E-state index in [-0.39, 0.29) is 0 Å². The topological polar surface area (TPSA) is 12.0 Å². The Morgan fingerprint density at radius 1 is 1.33 bits per heavy atom. The molecular formula is C10H19NS. The molecule has 1 saturated heterocycles. The molecule has 2 heteroatoms. The van der Waals surface area contributed by atoms with Gasteiger partial charge in [-0.15, -0.1) is 0 Å². The predicted octanol–water partition coefficient (Wildman–Crippen LogP) is 2.13. The Bertz CT molecular complexity index is 165. The van der Waals surface area contributed by atoms with Crippen LogP contribution in [0.15, 0.2) is 0 Å². The molecule has 0 bridgehead atoms. The Labute approximate surface area is 79.7 Å². The summed E-state index contributed by atoms with van der Waals surface area (Å²) in [5.41, 5.74) is 0.664. The maximum Gasteiger partial charge on any atom is 0.0212 e. The summed E-state index contributed by atoms with van der Waals surface area (Å²) in [6, 6.07) is 0.799. The highest BCUT2D eigenvalue weighted by Crippen LogP contribution is 2.49. The van der Waals surface area contributed by atoms with E-state index in [9.17, 15) is 0 Å². The third-order valence-electron chi connectivity index (χ3n) is 3.28. The van der Waals surface area contributed by atoms with Gasteiger partial charge in [-0.25, -0.2) is 0 Å². The zero-order valence-corrected chi connectivity index (χ0v) is 8.91. The van der Waals surface area contributed by atoms with E-state index in [4.69, 9.17) is 0 Å². The van der Waals surface area contributed by atoms with E-state index >= 15 is 0 Å². The van der Waals surface area contributed by atoms with Gasteiger partial charge in [0.15, 0.2) is 0 Å². The van der Waals surface area contributed by atoms with E-state index in [0.29, 0.717) is 5.41 Å². The van der Waals surface area contributed by atoms with Crippen LogP contribution in [0.25, 0.3) is 0 Å². The minimum Gasteiger partial charge on any atom is -0.312 e. The van der Waals surface area contributed by atoms with Crippen molar-refractivity contribution in [2.24, 2.45) is 11.3 Å². The second-order valence-corrected chi connectivity index (χ2v) is 5.83. The van der Waals surface area contributed by atoms with Crippen LogP contribution < -0.4 is 5.32 Å². The van der Waals surface area contributed by atoms with Gasteiger partial charge in [-0.1, -0.05) is 13.8 Å². The summed E-state index contributed by atoms with van der Waals surface area (Å²) >= 11 is 2.14. The maximum atomic E-state index is 3.71. The van der Waals surface area contributed by atoms with Crippen molar-refractivity contribution in [3.63, 3.8) is 0 Å². The van der Waals surface area contributed by atoms with Crippen LogP contribution >= 0.6 is 11.8 Å². The van der Waals surface area contributed by atoms with Crippen LogP contribution in [-0.4, -0.2) is 24.1 Å². The first-order chi connectivity index (χ1) is 5.71. The van der Waals surface area contributed by atoms with Crippen LogP contribution in [-0.2, 0) is 0 Å². The second-order valence-electron chi connectivity index (χ2n) is 4.76. The molecular weight excluding hydrogens is 166 g/mol. The summed E-state index contributed by atoms with van der Waals surface area (Å²) in [7, 11) is 0. The molecule has 2 aliphatic rings. The molecule has 0 aromatic rings. The molecule has 2 fully saturated rings. The lowest BCUT2D eigenvalue weighted by atomic mass is 10.0.